The molecular weight excluding hydrogens is 758 g/mol. The van der Waals surface area contributed by atoms with E-state index in [0.29, 0.717) is 50.3 Å². The predicted octanol–water partition coefficient (Wildman–Crippen LogP) is 14.1. The van der Waals surface area contributed by atoms with Crippen LogP contribution in [0, 0.1) is 22.7 Å². The number of halogens is 3. The molecule has 12 rings (SSSR count). The van der Waals surface area contributed by atoms with Crippen LogP contribution in [0.4, 0.5) is 13.2 Å². The van der Waals surface area contributed by atoms with Crippen molar-refractivity contribution < 1.29 is 22.0 Å². The molecule has 0 fully saturated rings. The Kier molecular flexibility index (Phi) is 6.84. The number of nitriles is 2. The van der Waals surface area contributed by atoms with Crippen molar-refractivity contribution in [2.75, 3.05) is 0 Å². The first-order valence-corrected chi connectivity index (χ1v) is 19.2. The molecule has 0 radical (unpaired) electrons. The fourth-order valence-electron chi connectivity index (χ4n) is 9.23. The fourth-order valence-corrected chi connectivity index (χ4v) is 9.23. The number of fused-ring (bicyclic) bond motifs is 14. The Morgan fingerprint density at radius 1 is 0.450 bits per heavy atom. The third-order valence-corrected chi connectivity index (χ3v) is 11.8. The summed E-state index contributed by atoms with van der Waals surface area (Å²) in [6.07, 6.45) is -4.72. The number of nitrogens with zero attached hydrogens (tertiary/aromatic N) is 4. The predicted molar refractivity (Wildman–Crippen MR) is 230 cm³/mol. The number of aromatic nitrogens is 2. The van der Waals surface area contributed by atoms with E-state index < -0.39 is 11.7 Å². The van der Waals surface area contributed by atoms with Crippen LogP contribution in [-0.2, 0) is 6.18 Å². The highest BCUT2D eigenvalue weighted by Gasteiger charge is 2.32. The molecule has 4 heterocycles. The van der Waals surface area contributed by atoms with Crippen molar-refractivity contribution >= 4 is 87.5 Å². The van der Waals surface area contributed by atoms with Crippen LogP contribution in [0.15, 0.2) is 160 Å². The Balaban J connectivity index is 1.30. The van der Waals surface area contributed by atoms with Crippen LogP contribution in [-0.4, -0.2) is 9.13 Å². The highest BCUT2D eigenvalue weighted by atomic mass is 19.4. The summed E-state index contributed by atoms with van der Waals surface area (Å²) in [6.45, 7) is 0. The average Bonchev–Trinajstić information content (AvgIpc) is 4.03. The van der Waals surface area contributed by atoms with Gasteiger partial charge in [-0.15, -0.1) is 0 Å². The van der Waals surface area contributed by atoms with E-state index in [2.05, 4.69) is 6.07 Å². The van der Waals surface area contributed by atoms with Crippen molar-refractivity contribution in [1.82, 2.24) is 9.13 Å². The molecule has 0 atom stereocenters. The summed E-state index contributed by atoms with van der Waals surface area (Å²) in [4.78, 5) is 0. The van der Waals surface area contributed by atoms with Crippen LogP contribution >= 0.6 is 0 Å². The number of hydrogen-bond acceptors (Lipinski definition) is 4. The van der Waals surface area contributed by atoms with Gasteiger partial charge in [-0.1, -0.05) is 84.9 Å². The minimum Gasteiger partial charge on any atom is -0.454 e. The highest BCUT2D eigenvalue weighted by Crippen LogP contribution is 2.46. The van der Waals surface area contributed by atoms with Crippen molar-refractivity contribution in [2.45, 2.75) is 6.18 Å². The zero-order valence-electron chi connectivity index (χ0n) is 31.2. The number of benzene rings is 8. The van der Waals surface area contributed by atoms with Gasteiger partial charge in [-0.3, -0.25) is 0 Å². The van der Waals surface area contributed by atoms with Gasteiger partial charge in [-0.25, -0.2) is 0 Å². The Morgan fingerprint density at radius 3 is 1.38 bits per heavy atom. The summed E-state index contributed by atoms with van der Waals surface area (Å²) in [5, 5.41) is 28.7. The van der Waals surface area contributed by atoms with E-state index in [-0.39, 0.29) is 16.7 Å². The molecule has 0 saturated heterocycles. The molecule has 60 heavy (non-hydrogen) atoms. The zero-order valence-corrected chi connectivity index (χ0v) is 31.2. The topological polar surface area (TPSA) is 83.7 Å². The van der Waals surface area contributed by atoms with Crippen LogP contribution in [0.25, 0.3) is 110 Å². The second-order valence-electron chi connectivity index (χ2n) is 15.0. The highest BCUT2D eigenvalue weighted by molar-refractivity contribution is 6.23. The second kappa shape index (κ2) is 12.1. The molecule has 12 aromatic rings. The molecule has 0 unspecified atom stereocenters. The number of para-hydroxylation sites is 4. The average molecular weight is 783 g/mol. The molecular formula is C51H25F3N4O2. The Morgan fingerprint density at radius 2 is 0.900 bits per heavy atom. The maximum atomic E-state index is 14.5. The van der Waals surface area contributed by atoms with Gasteiger partial charge in [-0.05, 0) is 77.9 Å². The van der Waals surface area contributed by atoms with Crippen LogP contribution in [0.2, 0.25) is 0 Å². The first-order chi connectivity index (χ1) is 29.3. The normalized spacial score (nSPS) is 12.2. The fraction of sp³-hybridized carbons (Fsp3) is 0.0196. The Bertz CT molecular complexity index is 3710. The molecule has 0 aliphatic heterocycles. The van der Waals surface area contributed by atoms with Crippen molar-refractivity contribution in [3.63, 3.8) is 0 Å². The summed E-state index contributed by atoms with van der Waals surface area (Å²) in [6, 6.07) is 50.8. The number of rotatable bonds is 3. The minimum atomic E-state index is -4.72. The monoisotopic (exact) mass is 782 g/mol. The van der Waals surface area contributed by atoms with Gasteiger partial charge in [0.25, 0.3) is 0 Å². The van der Waals surface area contributed by atoms with Crippen LogP contribution in [0.1, 0.15) is 16.7 Å². The van der Waals surface area contributed by atoms with E-state index in [1.54, 1.807) is 12.1 Å². The Hall–Kier alpha value is -8.27. The second-order valence-corrected chi connectivity index (χ2v) is 15.0. The van der Waals surface area contributed by atoms with Crippen molar-refractivity contribution in [2.24, 2.45) is 0 Å². The van der Waals surface area contributed by atoms with Gasteiger partial charge < -0.3 is 18.0 Å². The SMILES string of the molecule is N#Cc1cc(-c2cc(-n3c4ccccc4c4ccc5c6ccccc6oc5c43)c(C#N)c(-n3c4ccccc4c4ccc5c6ccccc6oc5c43)c2)cc(C(F)(F)F)c1. The summed E-state index contributed by atoms with van der Waals surface area (Å²) < 4.78 is 60.8. The molecule has 0 bridgehead atoms. The Labute approximate surface area is 337 Å². The molecule has 0 saturated carbocycles. The van der Waals surface area contributed by atoms with Crippen molar-refractivity contribution in [1.29, 1.82) is 10.5 Å². The number of hydrogen-bond donors (Lipinski definition) is 0. The maximum absolute atomic E-state index is 14.5. The lowest BCUT2D eigenvalue weighted by Gasteiger charge is -2.19. The van der Waals surface area contributed by atoms with Gasteiger partial charge in [0, 0.05) is 43.1 Å². The largest absolute Gasteiger partial charge is 0.454 e. The first kappa shape index (κ1) is 33.8. The van der Waals surface area contributed by atoms with Crippen molar-refractivity contribution in [3.05, 3.63) is 168 Å². The number of furan rings is 2. The van der Waals surface area contributed by atoms with E-state index in [4.69, 9.17) is 8.83 Å². The molecule has 282 valence electrons. The molecule has 0 spiro atoms. The third-order valence-electron chi connectivity index (χ3n) is 11.8. The number of alkyl halides is 3. The van der Waals surface area contributed by atoms with Crippen molar-refractivity contribution in [3.8, 4) is 34.6 Å². The third kappa shape index (κ3) is 4.63. The standard InChI is InChI=1S/C51H25F3N4O2/c52-51(53,54)31-22-28(26-55)21-29(23-31)30-24-43(57-41-13-5-1-9-32(41)36-17-19-38-34-11-3-7-15-45(34)59-49(38)47(36)57)40(27-56)44(25-30)58-42-14-6-2-10-33(42)37-18-20-39-35-12-4-8-16-46(35)60-50(39)48(37)58/h1-25H. The lowest BCUT2D eigenvalue weighted by molar-refractivity contribution is -0.137. The maximum Gasteiger partial charge on any atom is 0.416 e. The van der Waals surface area contributed by atoms with E-state index in [1.807, 2.05) is 137 Å². The van der Waals surface area contributed by atoms with Gasteiger partial charge >= 0.3 is 6.18 Å². The van der Waals surface area contributed by atoms with Crippen LogP contribution in [0.5, 0.6) is 0 Å². The molecule has 6 nitrogen and oxygen atoms in total. The van der Waals surface area contributed by atoms with Gasteiger partial charge in [0.1, 0.15) is 22.8 Å². The van der Waals surface area contributed by atoms with E-state index >= 15 is 0 Å². The summed E-state index contributed by atoms with van der Waals surface area (Å²) in [5.41, 5.74) is 6.07. The molecule has 9 heteroatoms. The summed E-state index contributed by atoms with van der Waals surface area (Å²) in [7, 11) is 0. The lowest BCUT2D eigenvalue weighted by Crippen LogP contribution is -2.07. The van der Waals surface area contributed by atoms with E-state index in [0.717, 1.165) is 66.3 Å². The molecule has 0 aliphatic rings. The molecule has 8 aromatic carbocycles. The first-order valence-electron chi connectivity index (χ1n) is 19.2. The van der Waals surface area contributed by atoms with E-state index in [9.17, 15) is 23.7 Å². The molecule has 0 N–H and O–H groups in total. The molecule has 0 aliphatic carbocycles. The summed E-state index contributed by atoms with van der Waals surface area (Å²) >= 11 is 0. The minimum absolute atomic E-state index is 0.144. The van der Waals surface area contributed by atoms with Gasteiger partial charge in [-0.2, -0.15) is 23.7 Å². The molecule has 4 aromatic heterocycles. The van der Waals surface area contributed by atoms with Crippen LogP contribution in [0.3, 0.4) is 0 Å². The van der Waals surface area contributed by atoms with Gasteiger partial charge in [0.15, 0.2) is 11.2 Å². The lowest BCUT2D eigenvalue weighted by atomic mass is 9.96. The molecule has 0 amide bonds. The van der Waals surface area contributed by atoms with E-state index in [1.165, 1.54) is 6.07 Å². The quantitative estimate of drug-likeness (QED) is 0.179. The zero-order chi connectivity index (χ0) is 40.4. The van der Waals surface area contributed by atoms with Gasteiger partial charge in [0.2, 0.25) is 0 Å². The van der Waals surface area contributed by atoms with Crippen LogP contribution < -0.4 is 0 Å². The smallest absolute Gasteiger partial charge is 0.416 e. The van der Waals surface area contributed by atoms with Gasteiger partial charge in [0.05, 0.1) is 50.6 Å². The summed E-state index contributed by atoms with van der Waals surface area (Å²) in [5.74, 6) is 0.